The van der Waals surface area contributed by atoms with E-state index >= 15 is 0 Å². The Morgan fingerprint density at radius 3 is 2.71 bits per heavy atom. The molecule has 0 bridgehead atoms. The molecule has 0 saturated heterocycles. The fourth-order valence-corrected chi connectivity index (χ4v) is 1.42. The van der Waals surface area contributed by atoms with Gasteiger partial charge in [0, 0.05) is 24.6 Å². The molecule has 5 heteroatoms. The fraction of sp³-hybridized carbons (Fsp3) is 0.556. The van der Waals surface area contributed by atoms with Crippen LogP contribution in [0.25, 0.3) is 0 Å². The summed E-state index contributed by atoms with van der Waals surface area (Å²) in [5, 5.41) is 17.9. The molecule has 78 valence electrons. The number of hydrogen-bond acceptors (Lipinski definition) is 4. The van der Waals surface area contributed by atoms with Crippen molar-refractivity contribution in [2.75, 3.05) is 18.1 Å². The van der Waals surface area contributed by atoms with Crippen molar-refractivity contribution in [3.8, 4) is 0 Å². The monoisotopic (exact) mass is 196 g/mol. The Kier molecular flexibility index (Phi) is 3.11. The van der Waals surface area contributed by atoms with E-state index in [1.807, 2.05) is 6.92 Å². The van der Waals surface area contributed by atoms with Crippen LogP contribution in [0, 0.1) is 12.1 Å². The van der Waals surface area contributed by atoms with Gasteiger partial charge in [-0.15, -0.1) is 0 Å². The van der Waals surface area contributed by atoms with E-state index in [4.69, 9.17) is 5.73 Å². The van der Waals surface area contributed by atoms with Gasteiger partial charge in [-0.25, -0.2) is 0 Å². The fourth-order valence-electron chi connectivity index (χ4n) is 1.42. The molecule has 0 aliphatic rings. The van der Waals surface area contributed by atoms with Gasteiger partial charge in [0.2, 0.25) is 11.5 Å². The SMILES string of the molecule is CCCc1c(N)c(NC)n[n+]([O-])c1C. The average molecular weight is 196 g/mol. The Bertz CT molecular complexity index is 338. The molecule has 0 fully saturated rings. The largest absolute Gasteiger partial charge is 0.594 e. The van der Waals surface area contributed by atoms with Crippen LogP contribution in [0.15, 0.2) is 0 Å². The summed E-state index contributed by atoms with van der Waals surface area (Å²) < 4.78 is 0. The van der Waals surface area contributed by atoms with Gasteiger partial charge in [0.05, 0.1) is 5.69 Å². The van der Waals surface area contributed by atoms with Crippen molar-refractivity contribution in [1.82, 2.24) is 5.10 Å². The van der Waals surface area contributed by atoms with Gasteiger partial charge in [-0.2, -0.15) is 0 Å². The maximum atomic E-state index is 11.4. The van der Waals surface area contributed by atoms with E-state index in [9.17, 15) is 5.21 Å². The van der Waals surface area contributed by atoms with Gasteiger partial charge in [0.1, 0.15) is 0 Å². The first-order valence-corrected chi connectivity index (χ1v) is 4.68. The highest BCUT2D eigenvalue weighted by molar-refractivity contribution is 5.64. The number of nitrogens with two attached hydrogens (primary N) is 1. The summed E-state index contributed by atoms with van der Waals surface area (Å²) in [7, 11) is 1.70. The summed E-state index contributed by atoms with van der Waals surface area (Å²) in [6.07, 6.45) is 1.76. The van der Waals surface area contributed by atoms with Crippen molar-refractivity contribution < 1.29 is 4.85 Å². The Labute approximate surface area is 83.5 Å². The number of aromatic nitrogens is 2. The second-order valence-corrected chi connectivity index (χ2v) is 3.20. The topological polar surface area (TPSA) is 77.9 Å². The van der Waals surface area contributed by atoms with Crippen LogP contribution in [0.1, 0.15) is 24.6 Å². The number of nitrogens with zero attached hydrogens (tertiary/aromatic N) is 2. The minimum atomic E-state index is 0.453. The van der Waals surface area contributed by atoms with Crippen molar-refractivity contribution in [3.63, 3.8) is 0 Å². The lowest BCUT2D eigenvalue weighted by atomic mass is 10.1. The van der Waals surface area contributed by atoms with Crippen LogP contribution < -0.4 is 15.9 Å². The van der Waals surface area contributed by atoms with E-state index in [-0.39, 0.29) is 0 Å². The van der Waals surface area contributed by atoms with Crippen LogP contribution in [0.3, 0.4) is 0 Å². The first-order chi connectivity index (χ1) is 6.61. The lowest BCUT2D eigenvalue weighted by molar-refractivity contribution is -0.674. The third-order valence-electron chi connectivity index (χ3n) is 2.23. The average Bonchev–Trinajstić information content (AvgIpc) is 2.18. The molecule has 0 aliphatic heterocycles. The van der Waals surface area contributed by atoms with Gasteiger partial charge in [0.15, 0.2) is 0 Å². The number of anilines is 2. The predicted molar refractivity (Wildman–Crippen MR) is 55.9 cm³/mol. The zero-order chi connectivity index (χ0) is 10.7. The van der Waals surface area contributed by atoms with Gasteiger partial charge in [-0.05, 0) is 6.42 Å². The van der Waals surface area contributed by atoms with Crippen molar-refractivity contribution >= 4 is 11.5 Å². The molecule has 0 spiro atoms. The Morgan fingerprint density at radius 2 is 2.21 bits per heavy atom. The standard InChI is InChI=1S/C9H16N4O/c1-4-5-7-6(2)13(14)12-9(11-3)8(7)10/h4-5,10H2,1-3H3,(H,11,12). The molecule has 1 rings (SSSR count). The lowest BCUT2D eigenvalue weighted by Gasteiger charge is -2.10. The van der Waals surface area contributed by atoms with Gasteiger partial charge in [0.25, 0.3) is 0 Å². The number of rotatable bonds is 3. The summed E-state index contributed by atoms with van der Waals surface area (Å²) in [4.78, 5) is 0.618. The molecule has 1 heterocycles. The zero-order valence-electron chi connectivity index (χ0n) is 8.79. The quantitative estimate of drug-likeness (QED) is 0.548. The summed E-state index contributed by atoms with van der Waals surface area (Å²) in [6, 6.07) is 0. The minimum absolute atomic E-state index is 0.453. The van der Waals surface area contributed by atoms with Crippen LogP contribution in [-0.4, -0.2) is 12.1 Å². The van der Waals surface area contributed by atoms with Gasteiger partial charge < -0.3 is 16.3 Å². The second-order valence-electron chi connectivity index (χ2n) is 3.20. The van der Waals surface area contributed by atoms with Crippen molar-refractivity contribution in [2.45, 2.75) is 26.7 Å². The molecule has 0 aliphatic carbocycles. The van der Waals surface area contributed by atoms with Crippen molar-refractivity contribution in [1.29, 1.82) is 0 Å². The second kappa shape index (κ2) is 4.13. The van der Waals surface area contributed by atoms with Crippen molar-refractivity contribution in [3.05, 3.63) is 16.5 Å². The molecule has 1 aromatic rings. The molecule has 0 saturated carbocycles. The molecular formula is C9H16N4O. The molecule has 0 unspecified atom stereocenters. The molecule has 0 amide bonds. The highest BCUT2D eigenvalue weighted by Gasteiger charge is 2.16. The smallest absolute Gasteiger partial charge is 0.224 e. The summed E-state index contributed by atoms with van der Waals surface area (Å²) in [6.45, 7) is 3.79. The molecule has 1 aromatic heterocycles. The third kappa shape index (κ3) is 1.71. The summed E-state index contributed by atoms with van der Waals surface area (Å²) >= 11 is 0. The lowest BCUT2D eigenvalue weighted by Crippen LogP contribution is -2.37. The number of hydrogen-bond donors (Lipinski definition) is 2. The normalized spacial score (nSPS) is 10.2. The van der Waals surface area contributed by atoms with Crippen LogP contribution in [-0.2, 0) is 6.42 Å². The first kappa shape index (κ1) is 10.6. The minimum Gasteiger partial charge on any atom is -0.594 e. The van der Waals surface area contributed by atoms with Crippen LogP contribution in [0.4, 0.5) is 11.5 Å². The maximum absolute atomic E-state index is 11.4. The van der Waals surface area contributed by atoms with E-state index in [0.29, 0.717) is 22.0 Å². The molecule has 0 radical (unpaired) electrons. The van der Waals surface area contributed by atoms with Crippen LogP contribution >= 0.6 is 0 Å². The van der Waals surface area contributed by atoms with Gasteiger partial charge in [-0.1, -0.05) is 18.2 Å². The number of nitrogens with one attached hydrogen (secondary N) is 1. The van der Waals surface area contributed by atoms with Gasteiger partial charge >= 0.3 is 0 Å². The maximum Gasteiger partial charge on any atom is 0.224 e. The first-order valence-electron chi connectivity index (χ1n) is 4.68. The zero-order valence-corrected chi connectivity index (χ0v) is 8.79. The summed E-state index contributed by atoms with van der Waals surface area (Å²) in [5.74, 6) is 0.453. The highest BCUT2D eigenvalue weighted by Crippen LogP contribution is 2.21. The Morgan fingerprint density at radius 1 is 1.57 bits per heavy atom. The number of nitrogen functional groups attached to an aromatic ring is 1. The Balaban J connectivity index is 3.29. The molecular weight excluding hydrogens is 180 g/mol. The Hall–Kier alpha value is -1.52. The van der Waals surface area contributed by atoms with E-state index in [2.05, 4.69) is 10.4 Å². The highest BCUT2D eigenvalue weighted by atomic mass is 16.5. The molecule has 0 aromatic carbocycles. The molecule has 5 nitrogen and oxygen atoms in total. The van der Waals surface area contributed by atoms with Crippen molar-refractivity contribution in [2.24, 2.45) is 0 Å². The molecule has 0 atom stereocenters. The van der Waals surface area contributed by atoms with Crippen LogP contribution in [0.5, 0.6) is 0 Å². The predicted octanol–water partition coefficient (Wildman–Crippen LogP) is 0.600. The molecule has 3 N–H and O–H groups in total. The van der Waals surface area contributed by atoms with Crippen LogP contribution in [0.2, 0.25) is 0 Å². The van der Waals surface area contributed by atoms with E-state index in [1.54, 1.807) is 14.0 Å². The third-order valence-corrected chi connectivity index (χ3v) is 2.23. The van der Waals surface area contributed by atoms with Gasteiger partial charge in [-0.3, -0.25) is 0 Å². The van der Waals surface area contributed by atoms with E-state index in [1.165, 1.54) is 0 Å². The van der Waals surface area contributed by atoms with E-state index < -0.39 is 0 Å². The van der Waals surface area contributed by atoms with E-state index in [0.717, 1.165) is 18.4 Å². The molecule has 14 heavy (non-hydrogen) atoms. The summed E-state index contributed by atoms with van der Waals surface area (Å²) in [5.41, 5.74) is 7.93.